The summed E-state index contributed by atoms with van der Waals surface area (Å²) in [5.41, 5.74) is 6.28. The Kier molecular flexibility index (Phi) is 2.69. The molecule has 64 valence electrons. The molecule has 0 aliphatic heterocycles. The van der Waals surface area contributed by atoms with Gasteiger partial charge in [0.25, 0.3) is 0 Å². The van der Waals surface area contributed by atoms with Crippen LogP contribution in [0.3, 0.4) is 0 Å². The lowest BCUT2D eigenvalue weighted by atomic mass is 10.1. The molecule has 1 rings (SSSR count). The van der Waals surface area contributed by atoms with Crippen LogP contribution >= 0.6 is 0 Å². The van der Waals surface area contributed by atoms with Gasteiger partial charge in [-0.1, -0.05) is 12.1 Å². The largest absolute Gasteiger partial charge is 0.497 e. The van der Waals surface area contributed by atoms with Gasteiger partial charge >= 0.3 is 0 Å². The molecule has 0 saturated heterocycles. The SMILES string of the molecule is COc1ccc(CC(=N)N)cc1. The van der Waals surface area contributed by atoms with Gasteiger partial charge in [-0.3, -0.25) is 5.41 Å². The Hall–Kier alpha value is -1.51. The summed E-state index contributed by atoms with van der Waals surface area (Å²) in [5, 5.41) is 7.08. The van der Waals surface area contributed by atoms with E-state index in [2.05, 4.69) is 0 Å². The Morgan fingerprint density at radius 3 is 2.42 bits per heavy atom. The molecule has 3 N–H and O–H groups in total. The number of ether oxygens (including phenoxy) is 1. The molecule has 1 aromatic rings. The van der Waals surface area contributed by atoms with Crippen molar-refractivity contribution in [1.82, 2.24) is 0 Å². The van der Waals surface area contributed by atoms with Crippen molar-refractivity contribution in [2.75, 3.05) is 7.11 Å². The van der Waals surface area contributed by atoms with Crippen LogP contribution in [-0.4, -0.2) is 12.9 Å². The molecule has 3 heteroatoms. The van der Waals surface area contributed by atoms with E-state index >= 15 is 0 Å². The highest BCUT2D eigenvalue weighted by atomic mass is 16.5. The molecule has 0 radical (unpaired) electrons. The van der Waals surface area contributed by atoms with Crippen LogP contribution in [0, 0.1) is 5.41 Å². The Labute approximate surface area is 71.7 Å². The van der Waals surface area contributed by atoms with Crippen molar-refractivity contribution in [1.29, 1.82) is 5.41 Å². The van der Waals surface area contributed by atoms with Gasteiger partial charge in [0.1, 0.15) is 5.75 Å². The molecule has 0 spiro atoms. The van der Waals surface area contributed by atoms with Crippen LogP contribution in [0.5, 0.6) is 5.75 Å². The summed E-state index contributed by atoms with van der Waals surface area (Å²) >= 11 is 0. The second kappa shape index (κ2) is 3.76. The molecule has 12 heavy (non-hydrogen) atoms. The van der Waals surface area contributed by atoms with Gasteiger partial charge in [-0.2, -0.15) is 0 Å². The Morgan fingerprint density at radius 2 is 2.00 bits per heavy atom. The normalized spacial score (nSPS) is 9.42. The second-order valence-electron chi connectivity index (χ2n) is 2.55. The second-order valence-corrected chi connectivity index (χ2v) is 2.55. The van der Waals surface area contributed by atoms with Gasteiger partial charge in [0, 0.05) is 6.42 Å². The number of benzene rings is 1. The highest BCUT2D eigenvalue weighted by Crippen LogP contribution is 2.11. The van der Waals surface area contributed by atoms with E-state index in [1.54, 1.807) is 7.11 Å². The zero-order chi connectivity index (χ0) is 8.97. The van der Waals surface area contributed by atoms with Gasteiger partial charge in [0.15, 0.2) is 0 Å². The van der Waals surface area contributed by atoms with Crippen molar-refractivity contribution >= 4 is 5.84 Å². The Morgan fingerprint density at radius 1 is 1.42 bits per heavy atom. The van der Waals surface area contributed by atoms with Crippen molar-refractivity contribution in [3.05, 3.63) is 29.8 Å². The van der Waals surface area contributed by atoms with Gasteiger partial charge in [0.05, 0.1) is 12.9 Å². The van der Waals surface area contributed by atoms with Crippen LogP contribution in [-0.2, 0) is 6.42 Å². The lowest BCUT2D eigenvalue weighted by molar-refractivity contribution is 0.414. The molecule has 0 heterocycles. The molecule has 0 unspecified atom stereocenters. The minimum Gasteiger partial charge on any atom is -0.497 e. The predicted molar refractivity (Wildman–Crippen MR) is 48.6 cm³/mol. The maximum Gasteiger partial charge on any atom is 0.118 e. The average Bonchev–Trinajstić information content (AvgIpc) is 2.05. The maximum absolute atomic E-state index is 7.08. The molecule has 3 nitrogen and oxygen atoms in total. The number of nitrogens with two attached hydrogens (primary N) is 1. The zero-order valence-electron chi connectivity index (χ0n) is 7.00. The Balaban J connectivity index is 2.71. The molecule has 0 aliphatic rings. The van der Waals surface area contributed by atoms with Gasteiger partial charge < -0.3 is 10.5 Å². The highest BCUT2D eigenvalue weighted by Gasteiger charge is 1.95. The molecular weight excluding hydrogens is 152 g/mol. The molecule has 1 aromatic carbocycles. The molecule has 0 amide bonds. The number of amidine groups is 1. The van der Waals surface area contributed by atoms with Crippen LogP contribution in [0.1, 0.15) is 5.56 Å². The Bertz CT molecular complexity index is 266. The molecule has 0 aliphatic carbocycles. The summed E-state index contributed by atoms with van der Waals surface area (Å²) in [6, 6.07) is 7.52. The van der Waals surface area contributed by atoms with Gasteiger partial charge in [0.2, 0.25) is 0 Å². The lowest BCUT2D eigenvalue weighted by Gasteiger charge is -2.01. The quantitative estimate of drug-likeness (QED) is 0.520. The summed E-state index contributed by atoms with van der Waals surface area (Å²) in [5.74, 6) is 1.00. The van der Waals surface area contributed by atoms with Gasteiger partial charge in [-0.15, -0.1) is 0 Å². The summed E-state index contributed by atoms with van der Waals surface area (Å²) in [4.78, 5) is 0. The number of hydrogen-bond donors (Lipinski definition) is 2. The minimum atomic E-state index is 0.181. The summed E-state index contributed by atoms with van der Waals surface area (Å²) in [6.07, 6.45) is 0.504. The molecule has 0 aromatic heterocycles. The summed E-state index contributed by atoms with van der Waals surface area (Å²) < 4.78 is 4.99. The first-order valence-electron chi connectivity index (χ1n) is 3.68. The van der Waals surface area contributed by atoms with Crippen molar-refractivity contribution in [3.8, 4) is 5.75 Å². The van der Waals surface area contributed by atoms with E-state index in [9.17, 15) is 0 Å². The molecule has 0 bridgehead atoms. The van der Waals surface area contributed by atoms with E-state index in [0.29, 0.717) is 6.42 Å². The van der Waals surface area contributed by atoms with Crippen LogP contribution in [0.15, 0.2) is 24.3 Å². The first-order valence-corrected chi connectivity index (χ1v) is 3.68. The molecule has 0 saturated carbocycles. The fourth-order valence-corrected chi connectivity index (χ4v) is 0.963. The fourth-order valence-electron chi connectivity index (χ4n) is 0.963. The number of nitrogens with one attached hydrogen (secondary N) is 1. The minimum absolute atomic E-state index is 0.181. The van der Waals surface area contributed by atoms with Crippen molar-refractivity contribution < 1.29 is 4.74 Å². The third-order valence-electron chi connectivity index (χ3n) is 1.55. The maximum atomic E-state index is 7.08. The monoisotopic (exact) mass is 164 g/mol. The van der Waals surface area contributed by atoms with Crippen molar-refractivity contribution in [3.63, 3.8) is 0 Å². The molecule has 0 fully saturated rings. The third-order valence-corrected chi connectivity index (χ3v) is 1.55. The average molecular weight is 164 g/mol. The fraction of sp³-hybridized carbons (Fsp3) is 0.222. The number of rotatable bonds is 3. The highest BCUT2D eigenvalue weighted by molar-refractivity contribution is 5.79. The number of methoxy groups -OCH3 is 1. The van der Waals surface area contributed by atoms with Crippen molar-refractivity contribution in [2.45, 2.75) is 6.42 Å². The van der Waals surface area contributed by atoms with Crippen LogP contribution in [0.25, 0.3) is 0 Å². The van der Waals surface area contributed by atoms with Crippen LogP contribution in [0.2, 0.25) is 0 Å². The van der Waals surface area contributed by atoms with E-state index in [0.717, 1.165) is 11.3 Å². The first-order chi connectivity index (χ1) is 5.72. The standard InChI is InChI=1S/C9H12N2O/c1-12-8-4-2-7(3-5-8)6-9(10)11/h2-5H,6H2,1H3,(H3,10,11). The number of hydrogen-bond acceptors (Lipinski definition) is 2. The predicted octanol–water partition coefficient (Wildman–Crippen LogP) is 1.17. The van der Waals surface area contributed by atoms with E-state index in [-0.39, 0.29) is 5.84 Å². The van der Waals surface area contributed by atoms with E-state index < -0.39 is 0 Å². The van der Waals surface area contributed by atoms with E-state index in [1.807, 2.05) is 24.3 Å². The van der Waals surface area contributed by atoms with E-state index in [1.165, 1.54) is 0 Å². The summed E-state index contributed by atoms with van der Waals surface area (Å²) in [7, 11) is 1.62. The van der Waals surface area contributed by atoms with Crippen LogP contribution in [0.4, 0.5) is 0 Å². The zero-order valence-corrected chi connectivity index (χ0v) is 7.00. The first kappa shape index (κ1) is 8.59. The summed E-state index contributed by atoms with van der Waals surface area (Å²) in [6.45, 7) is 0. The molecular formula is C9H12N2O. The van der Waals surface area contributed by atoms with Crippen molar-refractivity contribution in [2.24, 2.45) is 5.73 Å². The topological polar surface area (TPSA) is 59.1 Å². The van der Waals surface area contributed by atoms with Crippen LogP contribution < -0.4 is 10.5 Å². The molecule has 0 atom stereocenters. The van der Waals surface area contributed by atoms with Gasteiger partial charge in [-0.25, -0.2) is 0 Å². The third kappa shape index (κ3) is 2.27. The smallest absolute Gasteiger partial charge is 0.118 e. The lowest BCUT2D eigenvalue weighted by Crippen LogP contribution is -2.12. The van der Waals surface area contributed by atoms with E-state index in [4.69, 9.17) is 15.9 Å². The van der Waals surface area contributed by atoms with Gasteiger partial charge in [-0.05, 0) is 17.7 Å².